The monoisotopic (exact) mass is 391 g/mol. The molecule has 6 nitrogen and oxygen atoms in total. The van der Waals surface area contributed by atoms with Crippen molar-refractivity contribution in [2.75, 3.05) is 26.1 Å². The molecule has 0 radical (unpaired) electrons. The maximum absolute atomic E-state index is 12.6. The fraction of sp³-hybridized carbons (Fsp3) is 0.261. The Hall–Kier alpha value is -3.41. The molecule has 0 atom stereocenters. The molecule has 0 aliphatic heterocycles. The van der Waals surface area contributed by atoms with E-state index in [9.17, 15) is 4.79 Å². The molecule has 0 bridgehead atoms. The van der Waals surface area contributed by atoms with Crippen molar-refractivity contribution >= 4 is 17.7 Å². The van der Waals surface area contributed by atoms with Gasteiger partial charge >= 0.3 is 0 Å². The van der Waals surface area contributed by atoms with Crippen molar-refractivity contribution in [3.05, 3.63) is 77.9 Å². The van der Waals surface area contributed by atoms with Crippen LogP contribution in [0.25, 0.3) is 0 Å². The average molecular weight is 391 g/mol. The molecule has 1 aromatic heterocycles. The minimum absolute atomic E-state index is 0.0494. The van der Waals surface area contributed by atoms with Gasteiger partial charge in [-0.2, -0.15) is 0 Å². The van der Waals surface area contributed by atoms with Crippen LogP contribution in [-0.4, -0.2) is 37.9 Å². The second-order valence-corrected chi connectivity index (χ2v) is 6.92. The lowest BCUT2D eigenvalue weighted by Crippen LogP contribution is -2.40. The first-order valence-electron chi connectivity index (χ1n) is 9.60. The summed E-state index contributed by atoms with van der Waals surface area (Å²) in [6.07, 6.45) is 6.37. The normalized spacial score (nSPS) is 11.0. The van der Waals surface area contributed by atoms with E-state index >= 15 is 0 Å². The van der Waals surface area contributed by atoms with Crippen LogP contribution < -0.4 is 14.2 Å². The summed E-state index contributed by atoms with van der Waals surface area (Å²) in [5, 5.41) is 4.57. The summed E-state index contributed by atoms with van der Waals surface area (Å²) in [6.45, 7) is 2.33. The van der Waals surface area contributed by atoms with Crippen molar-refractivity contribution in [2.45, 2.75) is 19.9 Å². The molecular weight excluding hydrogens is 364 g/mol. The van der Waals surface area contributed by atoms with Gasteiger partial charge in [-0.3, -0.25) is 4.79 Å². The summed E-state index contributed by atoms with van der Waals surface area (Å²) in [5.41, 5.74) is 2.83. The smallest absolute Gasteiger partial charge is 0.282 e. The van der Waals surface area contributed by atoms with Crippen LogP contribution in [0, 0.1) is 0 Å². The number of nitrogens with zero attached hydrogens (tertiary/aromatic N) is 4. The van der Waals surface area contributed by atoms with Crippen LogP contribution in [0.15, 0.2) is 66.0 Å². The predicted molar refractivity (Wildman–Crippen MR) is 115 cm³/mol. The summed E-state index contributed by atoms with van der Waals surface area (Å²) in [6, 6.07) is 15.4. The van der Waals surface area contributed by atoms with Gasteiger partial charge in [0.15, 0.2) is 12.7 Å². The molecular formula is C23H27N4O2+. The van der Waals surface area contributed by atoms with Gasteiger partial charge in [0, 0.05) is 31.8 Å². The Morgan fingerprint density at radius 1 is 1.14 bits per heavy atom. The highest BCUT2D eigenvalue weighted by atomic mass is 16.5. The van der Waals surface area contributed by atoms with Gasteiger partial charge in [-0.1, -0.05) is 24.2 Å². The first-order chi connectivity index (χ1) is 14.0. The summed E-state index contributed by atoms with van der Waals surface area (Å²) in [5.74, 6) is 1.75. The Balaban J connectivity index is 1.74. The van der Waals surface area contributed by atoms with Crippen LogP contribution in [0.4, 0.5) is 5.69 Å². The summed E-state index contributed by atoms with van der Waals surface area (Å²) in [4.78, 5) is 14.7. The Kier molecular flexibility index (Phi) is 6.44. The summed E-state index contributed by atoms with van der Waals surface area (Å²) < 4.78 is 8.91. The van der Waals surface area contributed by atoms with Crippen molar-refractivity contribution in [2.24, 2.45) is 5.10 Å². The van der Waals surface area contributed by atoms with Crippen LogP contribution in [0.3, 0.4) is 0 Å². The molecule has 0 unspecified atom stereocenters. The number of imidazole rings is 1. The second-order valence-electron chi connectivity index (χ2n) is 6.92. The molecule has 6 heteroatoms. The number of hydrogen-bond donors (Lipinski definition) is 0. The third kappa shape index (κ3) is 4.90. The molecule has 0 saturated heterocycles. The van der Waals surface area contributed by atoms with E-state index in [1.165, 1.54) is 0 Å². The number of carbonyl (C=O) groups is 1. The number of carbonyl (C=O) groups excluding carboxylic acids is 1. The molecule has 150 valence electrons. The second kappa shape index (κ2) is 9.19. The zero-order valence-electron chi connectivity index (χ0n) is 17.4. The Morgan fingerprint density at radius 3 is 2.41 bits per heavy atom. The SMILES string of the molecule is CCc1n(N=Cc2ccc(N(C)C)cc2)cc[n+]1CC(=O)c1ccc(OC)cc1. The lowest BCUT2D eigenvalue weighted by Gasteiger charge is -2.11. The minimum Gasteiger partial charge on any atom is -0.497 e. The van der Waals surface area contributed by atoms with E-state index in [0.29, 0.717) is 5.56 Å². The Morgan fingerprint density at radius 2 is 1.83 bits per heavy atom. The van der Waals surface area contributed by atoms with Crippen LogP contribution in [0.5, 0.6) is 5.75 Å². The van der Waals surface area contributed by atoms with Gasteiger partial charge < -0.3 is 9.64 Å². The number of rotatable bonds is 8. The number of methoxy groups -OCH3 is 1. The van der Waals surface area contributed by atoms with Crippen LogP contribution in [0.2, 0.25) is 0 Å². The summed E-state index contributed by atoms with van der Waals surface area (Å²) in [7, 11) is 5.64. The molecule has 2 aromatic carbocycles. The number of Topliss-reactive ketones (excluding diaryl/α,β-unsaturated/α-hetero) is 1. The van der Waals surface area contributed by atoms with E-state index in [0.717, 1.165) is 29.2 Å². The van der Waals surface area contributed by atoms with E-state index < -0.39 is 0 Å². The zero-order chi connectivity index (χ0) is 20.8. The number of ether oxygens (including phenoxy) is 1. The zero-order valence-corrected chi connectivity index (χ0v) is 17.4. The topological polar surface area (TPSA) is 50.7 Å². The standard InChI is InChI=1S/C23H27N4O2/c1-5-23-26(17-22(28)19-8-12-21(29-4)13-9-19)14-15-27(23)24-16-18-6-10-20(11-7-18)25(2)3/h6-16H,5,17H2,1-4H3/q+1. The Bertz CT molecular complexity index is 987. The molecule has 0 amide bonds. The van der Waals surface area contributed by atoms with Gasteiger partial charge in [0.1, 0.15) is 11.9 Å². The van der Waals surface area contributed by atoms with Gasteiger partial charge in [-0.05, 0) is 42.0 Å². The van der Waals surface area contributed by atoms with Crippen LogP contribution >= 0.6 is 0 Å². The molecule has 29 heavy (non-hydrogen) atoms. The molecule has 0 fully saturated rings. The third-order valence-electron chi connectivity index (χ3n) is 4.77. The molecule has 3 rings (SSSR count). The van der Waals surface area contributed by atoms with Gasteiger partial charge in [-0.15, -0.1) is 4.68 Å². The number of ketones is 1. The average Bonchev–Trinajstić information content (AvgIpc) is 3.13. The fourth-order valence-electron chi connectivity index (χ4n) is 3.07. The molecule has 0 N–H and O–H groups in total. The van der Waals surface area contributed by atoms with Gasteiger partial charge in [0.05, 0.1) is 13.3 Å². The highest BCUT2D eigenvalue weighted by Gasteiger charge is 2.18. The van der Waals surface area contributed by atoms with E-state index in [1.807, 2.05) is 54.1 Å². The van der Waals surface area contributed by atoms with E-state index in [1.54, 1.807) is 31.4 Å². The number of anilines is 1. The van der Waals surface area contributed by atoms with Crippen LogP contribution in [0.1, 0.15) is 28.7 Å². The maximum Gasteiger partial charge on any atom is 0.282 e. The van der Waals surface area contributed by atoms with Crippen molar-refractivity contribution in [1.29, 1.82) is 0 Å². The largest absolute Gasteiger partial charge is 0.497 e. The quantitative estimate of drug-likeness (QED) is 0.337. The lowest BCUT2D eigenvalue weighted by molar-refractivity contribution is -0.690. The van der Waals surface area contributed by atoms with E-state index in [-0.39, 0.29) is 12.3 Å². The lowest BCUT2D eigenvalue weighted by atomic mass is 10.1. The predicted octanol–water partition coefficient (Wildman–Crippen LogP) is 3.18. The number of hydrogen-bond acceptors (Lipinski definition) is 4. The molecule has 1 heterocycles. The molecule has 3 aromatic rings. The van der Waals surface area contributed by atoms with Gasteiger partial charge in [0.25, 0.3) is 5.82 Å². The van der Waals surface area contributed by atoms with Crippen LogP contribution in [-0.2, 0) is 13.0 Å². The fourth-order valence-corrected chi connectivity index (χ4v) is 3.07. The number of aromatic nitrogens is 2. The van der Waals surface area contributed by atoms with Gasteiger partial charge in [0.2, 0.25) is 5.78 Å². The minimum atomic E-state index is 0.0494. The first kappa shape index (κ1) is 20.3. The highest BCUT2D eigenvalue weighted by Crippen LogP contribution is 2.13. The number of benzene rings is 2. The van der Waals surface area contributed by atoms with Crippen molar-refractivity contribution < 1.29 is 14.1 Å². The summed E-state index contributed by atoms with van der Waals surface area (Å²) >= 11 is 0. The highest BCUT2D eigenvalue weighted by molar-refractivity contribution is 5.95. The van der Waals surface area contributed by atoms with Gasteiger partial charge in [-0.25, -0.2) is 4.57 Å². The van der Waals surface area contributed by atoms with E-state index in [4.69, 9.17) is 4.74 Å². The molecule has 0 aliphatic rings. The van der Waals surface area contributed by atoms with Crippen molar-refractivity contribution in [3.8, 4) is 5.75 Å². The maximum atomic E-state index is 12.6. The molecule has 0 saturated carbocycles. The Labute approximate surface area is 171 Å². The molecule has 0 aliphatic carbocycles. The molecule has 0 spiro atoms. The van der Waals surface area contributed by atoms with Crippen molar-refractivity contribution in [3.63, 3.8) is 0 Å². The third-order valence-corrected chi connectivity index (χ3v) is 4.77. The first-order valence-corrected chi connectivity index (χ1v) is 9.60. The van der Waals surface area contributed by atoms with Crippen molar-refractivity contribution in [1.82, 2.24) is 4.68 Å². The van der Waals surface area contributed by atoms with E-state index in [2.05, 4.69) is 29.1 Å².